The molecule has 5 heteroatoms. The minimum Gasteiger partial charge on any atom is -0.347 e. The molecule has 1 amide bonds. The van der Waals surface area contributed by atoms with Gasteiger partial charge in [0.05, 0.1) is 23.7 Å². The molecule has 120 valence electrons. The number of nitrogens with zero attached hydrogens (tertiary/aromatic N) is 2. The maximum Gasteiger partial charge on any atom is 0.274 e. The van der Waals surface area contributed by atoms with Gasteiger partial charge in [-0.05, 0) is 31.9 Å². The van der Waals surface area contributed by atoms with Crippen molar-refractivity contribution in [3.63, 3.8) is 0 Å². The van der Waals surface area contributed by atoms with Crippen LogP contribution in [-0.4, -0.2) is 15.7 Å². The Balaban J connectivity index is 2.03. The van der Waals surface area contributed by atoms with Crippen LogP contribution in [0.2, 0.25) is 0 Å². The first-order valence-electron chi connectivity index (χ1n) is 8.11. The minimum atomic E-state index is -0.156. The second-order valence-corrected chi connectivity index (χ2v) is 5.90. The van der Waals surface area contributed by atoms with E-state index >= 15 is 0 Å². The van der Waals surface area contributed by atoms with Crippen LogP contribution in [0, 0.1) is 0 Å². The summed E-state index contributed by atoms with van der Waals surface area (Å²) in [6.07, 6.45) is 7.44. The van der Waals surface area contributed by atoms with E-state index in [4.69, 9.17) is 0 Å². The smallest absolute Gasteiger partial charge is 0.274 e. The van der Waals surface area contributed by atoms with Crippen LogP contribution in [0.4, 0.5) is 0 Å². The summed E-state index contributed by atoms with van der Waals surface area (Å²) in [5.74, 6) is -0.156. The maximum atomic E-state index is 12.7. The van der Waals surface area contributed by atoms with Gasteiger partial charge in [-0.1, -0.05) is 37.1 Å². The van der Waals surface area contributed by atoms with Crippen molar-refractivity contribution in [2.24, 2.45) is 0 Å². The molecular formula is C18H21N3O2. The number of fused-ring (bicyclic) bond motifs is 1. The standard InChI is InChI=1S/C18H21N3O2/c1-2-7-17(22)19-12-16-14-10-5-6-11-15(14)18(23)21(20-16)13-8-3-4-9-13/h2,5-7,10-11,13H,3-4,8-9,12H2,1H3,(H,19,22)/b7-2+. The summed E-state index contributed by atoms with van der Waals surface area (Å²) >= 11 is 0. The highest BCUT2D eigenvalue weighted by molar-refractivity contribution is 5.88. The fourth-order valence-electron chi connectivity index (χ4n) is 3.18. The largest absolute Gasteiger partial charge is 0.347 e. The number of benzene rings is 1. The summed E-state index contributed by atoms with van der Waals surface area (Å²) in [5.41, 5.74) is 0.709. The highest BCUT2D eigenvalue weighted by Gasteiger charge is 2.21. The molecule has 2 aromatic rings. The van der Waals surface area contributed by atoms with Crippen LogP contribution < -0.4 is 10.9 Å². The predicted molar refractivity (Wildman–Crippen MR) is 90.2 cm³/mol. The monoisotopic (exact) mass is 311 g/mol. The Bertz CT molecular complexity index is 802. The third-order valence-electron chi connectivity index (χ3n) is 4.32. The fourth-order valence-corrected chi connectivity index (χ4v) is 3.18. The average molecular weight is 311 g/mol. The zero-order valence-electron chi connectivity index (χ0n) is 13.3. The van der Waals surface area contributed by atoms with Crippen molar-refractivity contribution in [1.29, 1.82) is 0 Å². The Morgan fingerprint density at radius 1 is 1.30 bits per heavy atom. The lowest BCUT2D eigenvalue weighted by Crippen LogP contribution is -2.30. The molecule has 0 radical (unpaired) electrons. The molecule has 5 nitrogen and oxygen atoms in total. The van der Waals surface area contributed by atoms with E-state index in [-0.39, 0.29) is 17.5 Å². The SMILES string of the molecule is C/C=C/C(=O)NCc1nn(C2CCCC2)c(=O)c2ccccc12. The summed E-state index contributed by atoms with van der Waals surface area (Å²) in [5, 5.41) is 8.89. The van der Waals surface area contributed by atoms with Gasteiger partial charge in [-0.15, -0.1) is 0 Å². The lowest BCUT2D eigenvalue weighted by Gasteiger charge is -2.16. The molecule has 0 aliphatic heterocycles. The highest BCUT2D eigenvalue weighted by atomic mass is 16.1. The molecule has 0 spiro atoms. The van der Waals surface area contributed by atoms with Gasteiger partial charge in [-0.3, -0.25) is 9.59 Å². The number of hydrogen-bond acceptors (Lipinski definition) is 3. The lowest BCUT2D eigenvalue weighted by atomic mass is 10.1. The van der Waals surface area contributed by atoms with Gasteiger partial charge < -0.3 is 5.32 Å². The van der Waals surface area contributed by atoms with Crippen LogP contribution in [0.3, 0.4) is 0 Å². The lowest BCUT2D eigenvalue weighted by molar-refractivity contribution is -0.116. The number of carbonyl (C=O) groups is 1. The summed E-state index contributed by atoms with van der Waals surface area (Å²) in [6, 6.07) is 7.66. The Morgan fingerprint density at radius 2 is 2.00 bits per heavy atom. The van der Waals surface area contributed by atoms with Crippen molar-refractivity contribution in [3.05, 3.63) is 52.5 Å². The van der Waals surface area contributed by atoms with Crippen molar-refractivity contribution in [2.45, 2.75) is 45.2 Å². The molecule has 1 N–H and O–H groups in total. The van der Waals surface area contributed by atoms with E-state index in [1.165, 1.54) is 6.08 Å². The quantitative estimate of drug-likeness (QED) is 0.883. The number of carbonyl (C=O) groups excluding carboxylic acids is 1. The Labute approximate surface area is 135 Å². The third-order valence-corrected chi connectivity index (χ3v) is 4.32. The molecule has 1 aliphatic carbocycles. The van der Waals surface area contributed by atoms with Crippen molar-refractivity contribution < 1.29 is 4.79 Å². The van der Waals surface area contributed by atoms with E-state index in [9.17, 15) is 9.59 Å². The zero-order valence-corrected chi connectivity index (χ0v) is 13.3. The Morgan fingerprint density at radius 3 is 2.70 bits per heavy atom. The molecule has 0 unspecified atom stereocenters. The molecule has 0 bridgehead atoms. The maximum absolute atomic E-state index is 12.7. The summed E-state index contributed by atoms with van der Waals surface area (Å²) in [6.45, 7) is 2.12. The number of nitrogens with one attached hydrogen (secondary N) is 1. The minimum absolute atomic E-state index is 0.0315. The van der Waals surface area contributed by atoms with Crippen LogP contribution in [0.1, 0.15) is 44.3 Å². The Kier molecular flexibility index (Phi) is 4.55. The summed E-state index contributed by atoms with van der Waals surface area (Å²) in [4.78, 5) is 24.4. The molecule has 1 aromatic carbocycles. The fraction of sp³-hybridized carbons (Fsp3) is 0.389. The van der Waals surface area contributed by atoms with Crippen molar-refractivity contribution >= 4 is 16.7 Å². The number of allylic oxidation sites excluding steroid dienone is 1. The average Bonchev–Trinajstić information content (AvgIpc) is 3.09. The first-order chi connectivity index (χ1) is 11.2. The molecule has 0 saturated heterocycles. The van der Waals surface area contributed by atoms with Crippen LogP contribution in [-0.2, 0) is 11.3 Å². The van der Waals surface area contributed by atoms with Crippen LogP contribution in [0.25, 0.3) is 10.8 Å². The molecule has 1 saturated carbocycles. The first kappa shape index (κ1) is 15.5. The molecule has 3 rings (SSSR count). The number of amides is 1. The normalized spacial score (nSPS) is 15.5. The topological polar surface area (TPSA) is 64.0 Å². The molecule has 1 aromatic heterocycles. The van der Waals surface area contributed by atoms with Crippen molar-refractivity contribution in [2.75, 3.05) is 0 Å². The number of rotatable bonds is 4. The van der Waals surface area contributed by atoms with Crippen molar-refractivity contribution in [1.82, 2.24) is 15.1 Å². The zero-order chi connectivity index (χ0) is 16.2. The molecule has 1 fully saturated rings. The molecule has 0 atom stereocenters. The van der Waals surface area contributed by atoms with E-state index in [2.05, 4.69) is 10.4 Å². The Hall–Kier alpha value is -2.43. The third kappa shape index (κ3) is 3.18. The highest BCUT2D eigenvalue weighted by Crippen LogP contribution is 2.28. The number of aromatic nitrogens is 2. The van der Waals surface area contributed by atoms with Crippen LogP contribution >= 0.6 is 0 Å². The van der Waals surface area contributed by atoms with Gasteiger partial charge in [0.2, 0.25) is 5.91 Å². The van der Waals surface area contributed by atoms with Crippen molar-refractivity contribution in [3.8, 4) is 0 Å². The van der Waals surface area contributed by atoms with Gasteiger partial charge in [-0.25, -0.2) is 4.68 Å². The van der Waals surface area contributed by atoms with Crippen LogP contribution in [0.15, 0.2) is 41.2 Å². The molecule has 23 heavy (non-hydrogen) atoms. The van der Waals surface area contributed by atoms with Crippen LogP contribution in [0.5, 0.6) is 0 Å². The van der Waals surface area contributed by atoms with E-state index in [0.717, 1.165) is 36.8 Å². The molecule has 1 heterocycles. The second-order valence-electron chi connectivity index (χ2n) is 5.90. The summed E-state index contributed by atoms with van der Waals surface area (Å²) in [7, 11) is 0. The van der Waals surface area contributed by atoms with Gasteiger partial charge in [0, 0.05) is 5.39 Å². The van der Waals surface area contributed by atoms with Gasteiger partial charge in [0.15, 0.2) is 0 Å². The van der Waals surface area contributed by atoms with E-state index in [0.29, 0.717) is 11.9 Å². The van der Waals surface area contributed by atoms with E-state index in [1.807, 2.05) is 24.3 Å². The summed E-state index contributed by atoms with van der Waals surface area (Å²) < 4.78 is 1.63. The molecule has 1 aliphatic rings. The number of hydrogen-bond donors (Lipinski definition) is 1. The molecular weight excluding hydrogens is 290 g/mol. The predicted octanol–water partition coefficient (Wildman–Crippen LogP) is 2.70. The van der Waals surface area contributed by atoms with Gasteiger partial charge in [0.1, 0.15) is 0 Å². The van der Waals surface area contributed by atoms with Gasteiger partial charge in [0.25, 0.3) is 5.56 Å². The van der Waals surface area contributed by atoms with E-state index in [1.54, 1.807) is 17.7 Å². The second kappa shape index (κ2) is 6.77. The van der Waals surface area contributed by atoms with E-state index < -0.39 is 0 Å². The first-order valence-corrected chi connectivity index (χ1v) is 8.11. The van der Waals surface area contributed by atoms with Gasteiger partial charge in [-0.2, -0.15) is 5.10 Å². The van der Waals surface area contributed by atoms with Gasteiger partial charge >= 0.3 is 0 Å².